The number of hydrogen-bond acceptors (Lipinski definition) is 6. The number of aryl methyl sites for hydroxylation is 1. The van der Waals surface area contributed by atoms with Crippen LogP contribution in [-0.2, 0) is 6.18 Å². The minimum Gasteiger partial charge on any atom is -0.455 e. The molecule has 0 radical (unpaired) electrons. The van der Waals surface area contributed by atoms with E-state index < -0.39 is 24.2 Å². The SMILES string of the molecule is CCC(Oc1ccc(-c2noc(C(F)(F)F)n2)c(C)c1)Oc1ccc(C#N)cc1F. The van der Waals surface area contributed by atoms with Gasteiger partial charge >= 0.3 is 12.1 Å². The zero-order chi connectivity index (χ0) is 21.9. The molecular weight excluding hydrogens is 406 g/mol. The third-order valence-corrected chi connectivity index (χ3v) is 4.03. The van der Waals surface area contributed by atoms with E-state index in [0.29, 0.717) is 23.3 Å². The van der Waals surface area contributed by atoms with Crippen molar-refractivity contribution in [2.24, 2.45) is 0 Å². The largest absolute Gasteiger partial charge is 0.471 e. The molecule has 0 fully saturated rings. The van der Waals surface area contributed by atoms with Crippen LogP contribution in [0.2, 0.25) is 0 Å². The molecule has 0 N–H and O–H groups in total. The summed E-state index contributed by atoms with van der Waals surface area (Å²) in [6, 6.07) is 10.2. The Morgan fingerprint density at radius 1 is 1.17 bits per heavy atom. The Hall–Kier alpha value is -3.61. The Kier molecular flexibility index (Phi) is 5.91. The lowest BCUT2D eigenvalue weighted by Gasteiger charge is -2.20. The molecule has 0 bridgehead atoms. The van der Waals surface area contributed by atoms with Crippen LogP contribution in [0, 0.1) is 24.1 Å². The summed E-state index contributed by atoms with van der Waals surface area (Å²) in [4.78, 5) is 3.37. The molecule has 6 nitrogen and oxygen atoms in total. The van der Waals surface area contributed by atoms with Crippen LogP contribution in [0.15, 0.2) is 40.9 Å². The molecule has 0 amide bonds. The van der Waals surface area contributed by atoms with Gasteiger partial charge in [0.15, 0.2) is 11.6 Å². The molecule has 1 heterocycles. The third-order valence-electron chi connectivity index (χ3n) is 4.03. The van der Waals surface area contributed by atoms with Crippen LogP contribution in [0.5, 0.6) is 11.5 Å². The van der Waals surface area contributed by atoms with E-state index in [1.807, 2.05) is 6.07 Å². The number of benzene rings is 2. The van der Waals surface area contributed by atoms with Crippen molar-refractivity contribution in [1.82, 2.24) is 10.1 Å². The molecule has 0 aliphatic carbocycles. The average Bonchev–Trinajstić information content (AvgIpc) is 3.19. The van der Waals surface area contributed by atoms with Crippen LogP contribution >= 0.6 is 0 Å². The predicted octanol–water partition coefficient (Wildman–Crippen LogP) is 5.27. The molecule has 1 unspecified atom stereocenters. The molecule has 3 aromatic rings. The number of nitrogens with zero attached hydrogens (tertiary/aromatic N) is 3. The molecule has 10 heteroatoms. The highest BCUT2D eigenvalue weighted by Gasteiger charge is 2.38. The second-order valence-electron chi connectivity index (χ2n) is 6.23. The van der Waals surface area contributed by atoms with Gasteiger partial charge < -0.3 is 14.0 Å². The highest BCUT2D eigenvalue weighted by Crippen LogP contribution is 2.31. The van der Waals surface area contributed by atoms with E-state index in [1.54, 1.807) is 19.9 Å². The summed E-state index contributed by atoms with van der Waals surface area (Å²) >= 11 is 0. The molecule has 1 aromatic heterocycles. The first-order chi connectivity index (χ1) is 14.2. The molecule has 3 rings (SSSR count). The standard InChI is InChI=1S/C20H15F4N3O3/c1-3-17(29-16-7-4-12(10-25)9-15(16)21)28-13-5-6-14(11(2)8-13)18-26-19(30-27-18)20(22,23)24/h4-9,17H,3H2,1-2H3. The highest BCUT2D eigenvalue weighted by atomic mass is 19.4. The second kappa shape index (κ2) is 8.41. The van der Waals surface area contributed by atoms with Gasteiger partial charge in [-0.1, -0.05) is 12.1 Å². The fraction of sp³-hybridized carbons (Fsp3) is 0.250. The number of alkyl halides is 3. The number of rotatable bonds is 6. The summed E-state index contributed by atoms with van der Waals surface area (Å²) in [7, 11) is 0. The first kappa shape index (κ1) is 21.1. The van der Waals surface area contributed by atoms with Gasteiger partial charge in [-0.15, -0.1) is 0 Å². The van der Waals surface area contributed by atoms with Crippen molar-refractivity contribution in [3.05, 3.63) is 59.2 Å². The van der Waals surface area contributed by atoms with Gasteiger partial charge in [0.2, 0.25) is 12.1 Å². The minimum absolute atomic E-state index is 0.0688. The Morgan fingerprint density at radius 2 is 1.93 bits per heavy atom. The van der Waals surface area contributed by atoms with Gasteiger partial charge in [0, 0.05) is 12.0 Å². The maximum atomic E-state index is 14.0. The molecule has 156 valence electrons. The second-order valence-corrected chi connectivity index (χ2v) is 6.23. The fourth-order valence-corrected chi connectivity index (χ4v) is 2.56. The Labute approximate surface area is 168 Å². The third kappa shape index (κ3) is 4.68. The van der Waals surface area contributed by atoms with Gasteiger partial charge in [0.05, 0.1) is 11.6 Å². The number of nitriles is 1. The Bertz CT molecular complexity index is 1090. The van der Waals surface area contributed by atoms with E-state index in [9.17, 15) is 17.6 Å². The molecule has 0 aliphatic rings. The van der Waals surface area contributed by atoms with E-state index in [0.717, 1.165) is 6.07 Å². The number of aromatic nitrogens is 2. The van der Waals surface area contributed by atoms with Crippen molar-refractivity contribution in [1.29, 1.82) is 5.26 Å². The Morgan fingerprint density at radius 3 is 2.50 bits per heavy atom. The van der Waals surface area contributed by atoms with E-state index in [4.69, 9.17) is 14.7 Å². The van der Waals surface area contributed by atoms with Crippen molar-refractivity contribution >= 4 is 0 Å². The van der Waals surface area contributed by atoms with Crippen LogP contribution in [0.1, 0.15) is 30.4 Å². The van der Waals surface area contributed by atoms with Crippen LogP contribution in [0.3, 0.4) is 0 Å². The van der Waals surface area contributed by atoms with Crippen LogP contribution in [0.25, 0.3) is 11.4 Å². The van der Waals surface area contributed by atoms with Crippen LogP contribution in [-0.4, -0.2) is 16.4 Å². The zero-order valence-corrected chi connectivity index (χ0v) is 15.8. The Balaban J connectivity index is 1.75. The van der Waals surface area contributed by atoms with Gasteiger partial charge in [-0.3, -0.25) is 0 Å². The number of halogens is 4. The fourth-order valence-electron chi connectivity index (χ4n) is 2.56. The molecule has 0 saturated carbocycles. The van der Waals surface area contributed by atoms with Gasteiger partial charge in [-0.25, -0.2) is 4.39 Å². The molecule has 0 aliphatic heterocycles. The average molecular weight is 421 g/mol. The molecule has 1 atom stereocenters. The first-order valence-corrected chi connectivity index (χ1v) is 8.76. The maximum Gasteiger partial charge on any atom is 0.471 e. The monoisotopic (exact) mass is 421 g/mol. The number of ether oxygens (including phenoxy) is 2. The summed E-state index contributed by atoms with van der Waals surface area (Å²) in [6.07, 6.45) is -5.19. The lowest BCUT2D eigenvalue weighted by atomic mass is 10.1. The normalized spacial score (nSPS) is 12.3. The first-order valence-electron chi connectivity index (χ1n) is 8.76. The highest BCUT2D eigenvalue weighted by molar-refractivity contribution is 5.61. The lowest BCUT2D eigenvalue weighted by Crippen LogP contribution is -2.23. The molecule has 2 aromatic carbocycles. The van der Waals surface area contributed by atoms with E-state index >= 15 is 0 Å². The molecule has 30 heavy (non-hydrogen) atoms. The molecule has 0 saturated heterocycles. The van der Waals surface area contributed by atoms with Gasteiger partial charge in [0.1, 0.15) is 5.75 Å². The summed E-state index contributed by atoms with van der Waals surface area (Å²) in [5.41, 5.74) is 1.05. The lowest BCUT2D eigenvalue weighted by molar-refractivity contribution is -0.159. The minimum atomic E-state index is -4.73. The van der Waals surface area contributed by atoms with Crippen LogP contribution in [0.4, 0.5) is 17.6 Å². The van der Waals surface area contributed by atoms with Crippen LogP contribution < -0.4 is 9.47 Å². The van der Waals surface area contributed by atoms with Crippen molar-refractivity contribution in [2.45, 2.75) is 32.7 Å². The van der Waals surface area contributed by atoms with Crippen molar-refractivity contribution in [2.75, 3.05) is 0 Å². The molecule has 0 spiro atoms. The van der Waals surface area contributed by atoms with Crippen molar-refractivity contribution in [3.8, 4) is 29.0 Å². The summed E-state index contributed by atoms with van der Waals surface area (Å²) < 4.78 is 67.4. The van der Waals surface area contributed by atoms with Gasteiger partial charge in [0.25, 0.3) is 0 Å². The van der Waals surface area contributed by atoms with Crippen molar-refractivity contribution < 1.29 is 31.6 Å². The number of hydrogen-bond donors (Lipinski definition) is 0. The van der Waals surface area contributed by atoms with Gasteiger partial charge in [-0.05, 0) is 48.9 Å². The smallest absolute Gasteiger partial charge is 0.455 e. The van der Waals surface area contributed by atoms with Crippen molar-refractivity contribution in [3.63, 3.8) is 0 Å². The quantitative estimate of drug-likeness (QED) is 0.399. The van der Waals surface area contributed by atoms with E-state index in [1.165, 1.54) is 24.3 Å². The summed E-state index contributed by atoms with van der Waals surface area (Å²) in [5.74, 6) is -2.03. The zero-order valence-electron chi connectivity index (χ0n) is 15.8. The van der Waals surface area contributed by atoms with E-state index in [2.05, 4.69) is 14.7 Å². The topological polar surface area (TPSA) is 81.2 Å². The summed E-state index contributed by atoms with van der Waals surface area (Å²) in [6.45, 7) is 3.42. The summed E-state index contributed by atoms with van der Waals surface area (Å²) in [5, 5.41) is 12.2. The molecular formula is C20H15F4N3O3. The van der Waals surface area contributed by atoms with Gasteiger partial charge in [-0.2, -0.15) is 23.4 Å². The predicted molar refractivity (Wildman–Crippen MR) is 95.9 cm³/mol. The van der Waals surface area contributed by atoms with E-state index in [-0.39, 0.29) is 17.1 Å². The maximum absolute atomic E-state index is 14.0.